The van der Waals surface area contributed by atoms with E-state index >= 15 is 0 Å². The first-order valence-corrected chi connectivity index (χ1v) is 30.5. The fraction of sp³-hybridized carbons (Fsp3) is 0.983. The van der Waals surface area contributed by atoms with E-state index in [1.165, 1.54) is 6.92 Å². The minimum absolute atomic E-state index is 0.0469. The molecule has 0 aromatic rings. The van der Waals surface area contributed by atoms with Crippen LogP contribution in [0.2, 0.25) is 0 Å². The largest absolute Gasteiger partial charge is 0.394 e. The molecule has 2 bridgehead atoms. The Morgan fingerprint density at radius 2 is 1.12 bits per heavy atom. The van der Waals surface area contributed by atoms with Crippen molar-refractivity contribution in [2.45, 2.75) is 272 Å². The number of aldehydes is 1. The number of hydrogen-bond acceptors (Lipinski definition) is 26. The van der Waals surface area contributed by atoms with Crippen LogP contribution in [-0.4, -0.2) is 270 Å². The number of ether oxygens (including phenoxy) is 11. The molecular formula is C58H94O26. The molecule has 0 radical (unpaired) electrons. The molecule has 6 saturated heterocycles. The highest BCUT2D eigenvalue weighted by molar-refractivity contribution is 5.59. The zero-order chi connectivity index (χ0) is 60.8. The number of carbonyl (C=O) groups excluding carboxylic acids is 1. The van der Waals surface area contributed by atoms with Crippen LogP contribution >= 0.6 is 0 Å². The lowest BCUT2D eigenvalue weighted by molar-refractivity contribution is -0.404. The maximum Gasteiger partial charge on any atom is 0.187 e. The van der Waals surface area contributed by atoms with Crippen LogP contribution in [0.4, 0.5) is 0 Å². The second-order valence-electron chi connectivity index (χ2n) is 28.6. The van der Waals surface area contributed by atoms with Crippen LogP contribution in [0.3, 0.4) is 0 Å². The third-order valence-electron chi connectivity index (χ3n) is 24.0. The first-order valence-electron chi connectivity index (χ1n) is 30.5. The highest BCUT2D eigenvalue weighted by Crippen LogP contribution is 2.80. The van der Waals surface area contributed by atoms with Gasteiger partial charge in [-0.25, -0.2) is 0 Å². The quantitative estimate of drug-likeness (QED) is 0.0644. The van der Waals surface area contributed by atoms with Crippen LogP contribution < -0.4 is 0 Å². The van der Waals surface area contributed by atoms with Crippen LogP contribution in [0.5, 0.6) is 0 Å². The summed E-state index contributed by atoms with van der Waals surface area (Å²) in [5, 5.41) is 155. The maximum atomic E-state index is 12.7. The Bertz CT molecular complexity index is 2320. The average molecular weight is 1210 g/mol. The normalized spacial score (nSPS) is 58.2. The number of hydrogen-bond donors (Lipinski definition) is 14. The second kappa shape index (κ2) is 23.1. The van der Waals surface area contributed by atoms with E-state index in [4.69, 9.17) is 52.1 Å². The van der Waals surface area contributed by atoms with Gasteiger partial charge in [0.25, 0.3) is 0 Å². The Labute approximate surface area is 488 Å². The van der Waals surface area contributed by atoms with Crippen molar-refractivity contribution in [1.29, 1.82) is 0 Å². The van der Waals surface area contributed by atoms with Crippen molar-refractivity contribution in [3.8, 4) is 0 Å². The van der Waals surface area contributed by atoms with Crippen LogP contribution in [0.1, 0.15) is 113 Å². The summed E-state index contributed by atoms with van der Waals surface area (Å²) < 4.78 is 68.9. The summed E-state index contributed by atoms with van der Waals surface area (Å²) in [4.78, 5) is 12.6. The van der Waals surface area contributed by atoms with Crippen molar-refractivity contribution in [3.05, 3.63) is 0 Å². The third-order valence-corrected chi connectivity index (χ3v) is 24.0. The second-order valence-corrected chi connectivity index (χ2v) is 28.6. The summed E-state index contributed by atoms with van der Waals surface area (Å²) in [5.74, 6) is 0.347. The minimum atomic E-state index is -1.94. The van der Waals surface area contributed by atoms with Crippen LogP contribution in [-0.2, 0) is 56.9 Å². The Morgan fingerprint density at radius 1 is 0.512 bits per heavy atom. The molecule has 5 aliphatic carbocycles. The van der Waals surface area contributed by atoms with Gasteiger partial charge in [0.15, 0.2) is 31.5 Å². The summed E-state index contributed by atoms with van der Waals surface area (Å²) in [6.07, 6.45) is -32.2. The Hall–Kier alpha value is -1.33. The molecule has 0 amide bonds. The lowest BCUT2D eigenvalue weighted by Crippen LogP contribution is -2.74. The third kappa shape index (κ3) is 9.88. The Kier molecular flexibility index (Phi) is 17.7. The lowest BCUT2D eigenvalue weighted by Gasteiger charge is -2.75. The van der Waals surface area contributed by atoms with Crippen molar-refractivity contribution in [2.75, 3.05) is 33.0 Å². The molecule has 11 aliphatic rings. The van der Waals surface area contributed by atoms with Crippen molar-refractivity contribution < 1.29 is 128 Å². The van der Waals surface area contributed by atoms with Gasteiger partial charge >= 0.3 is 0 Å². The molecule has 14 N–H and O–H groups in total. The highest BCUT2D eigenvalue weighted by atomic mass is 16.8. The molecule has 26 nitrogen and oxygen atoms in total. The van der Waals surface area contributed by atoms with Crippen molar-refractivity contribution in [2.24, 2.45) is 50.2 Å². The van der Waals surface area contributed by atoms with Crippen LogP contribution in [0, 0.1) is 50.2 Å². The fourth-order valence-corrected chi connectivity index (χ4v) is 18.8. The first-order chi connectivity index (χ1) is 39.5. The molecule has 34 atom stereocenters. The summed E-state index contributed by atoms with van der Waals surface area (Å²) in [7, 11) is 0. The summed E-state index contributed by atoms with van der Waals surface area (Å²) in [5.41, 5.74) is -2.81. The van der Waals surface area contributed by atoms with Gasteiger partial charge in [-0.05, 0) is 105 Å². The summed E-state index contributed by atoms with van der Waals surface area (Å²) in [6, 6.07) is 0. The summed E-state index contributed by atoms with van der Waals surface area (Å²) >= 11 is 0. The molecule has 5 saturated carbocycles. The topological polar surface area (TPSA) is 402 Å². The predicted molar refractivity (Wildman–Crippen MR) is 282 cm³/mol. The van der Waals surface area contributed by atoms with E-state index in [0.717, 1.165) is 51.2 Å². The highest BCUT2D eigenvalue weighted by Gasteiger charge is 2.80. The van der Waals surface area contributed by atoms with Crippen molar-refractivity contribution >= 4 is 6.29 Å². The summed E-state index contributed by atoms with van der Waals surface area (Å²) in [6.45, 7) is 12.7. The van der Waals surface area contributed by atoms with E-state index in [9.17, 15) is 76.3 Å². The zero-order valence-corrected chi connectivity index (χ0v) is 49.0. The van der Waals surface area contributed by atoms with Crippen LogP contribution in [0.25, 0.3) is 0 Å². The van der Waals surface area contributed by atoms with E-state index in [2.05, 4.69) is 41.5 Å². The first kappa shape index (κ1) is 64.2. The molecule has 34 unspecified atom stereocenters. The molecule has 482 valence electrons. The number of rotatable bonds is 13. The van der Waals surface area contributed by atoms with Gasteiger partial charge in [0.1, 0.15) is 110 Å². The molecule has 0 aromatic carbocycles. The minimum Gasteiger partial charge on any atom is -0.394 e. The molecule has 6 aliphatic heterocycles. The Balaban J connectivity index is 0.866. The van der Waals surface area contributed by atoms with E-state index in [-0.39, 0.29) is 34.0 Å². The number of aliphatic hydroxyl groups is 14. The van der Waals surface area contributed by atoms with Crippen molar-refractivity contribution in [1.82, 2.24) is 0 Å². The molecule has 11 rings (SSSR count). The lowest BCUT2D eigenvalue weighted by atomic mass is 9.30. The van der Waals surface area contributed by atoms with E-state index in [1.54, 1.807) is 0 Å². The van der Waals surface area contributed by atoms with E-state index in [1.807, 2.05) is 0 Å². The molecule has 6 heterocycles. The molecule has 11 fully saturated rings. The van der Waals surface area contributed by atoms with Crippen LogP contribution in [0.15, 0.2) is 0 Å². The predicted octanol–water partition coefficient (Wildman–Crippen LogP) is -3.04. The van der Waals surface area contributed by atoms with Gasteiger partial charge < -0.3 is 128 Å². The van der Waals surface area contributed by atoms with E-state index < -0.39 is 202 Å². The zero-order valence-electron chi connectivity index (χ0n) is 49.0. The van der Waals surface area contributed by atoms with Gasteiger partial charge in [0.2, 0.25) is 0 Å². The number of aliphatic hydroxyl groups excluding tert-OH is 14. The van der Waals surface area contributed by atoms with Gasteiger partial charge in [-0.15, -0.1) is 0 Å². The smallest absolute Gasteiger partial charge is 0.187 e. The van der Waals surface area contributed by atoms with Gasteiger partial charge in [0, 0.05) is 16.2 Å². The number of fused-ring (bicyclic) bond motifs is 4. The molecular weight excluding hydrogens is 1110 g/mol. The standard InChI is InChI=1S/C58H94O26/c1-24-34(64)39(69)42(72)48(77-24)82-44-37(67)27(19-60)79-51(46(44)84-47-41(71)35(65)25(62)20-74-47)80-28-21-75-50(45(38(28)68)83-49-43(73)40(70)36(66)26(18-59)78-49)81-33-10-11-54(5)29(52(33,2)3)8-12-55(6)30(54)9-13-58-31-16-53(4,22-61)14-15-57(31,23-76-58)32(63)17-56(55,58)7/h22,24-51,59-60,62-73H,8-21,23H2,1-7H3. The van der Waals surface area contributed by atoms with Gasteiger partial charge in [-0.2, -0.15) is 0 Å². The number of carbonyl (C=O) groups is 1. The molecule has 1 spiro atoms. The Morgan fingerprint density at radius 3 is 1.81 bits per heavy atom. The molecule has 0 aromatic heterocycles. The monoisotopic (exact) mass is 1210 g/mol. The van der Waals surface area contributed by atoms with E-state index in [0.29, 0.717) is 25.9 Å². The van der Waals surface area contributed by atoms with Crippen molar-refractivity contribution in [3.63, 3.8) is 0 Å². The molecule has 84 heavy (non-hydrogen) atoms. The van der Waals surface area contributed by atoms with Gasteiger partial charge in [0.05, 0.1) is 56.9 Å². The fourth-order valence-electron chi connectivity index (χ4n) is 18.8. The van der Waals surface area contributed by atoms with Gasteiger partial charge in [-0.1, -0.05) is 41.5 Å². The maximum absolute atomic E-state index is 12.7. The molecule has 26 heteroatoms. The SMILES string of the molecule is CC1OC(OC2C(O)C(CO)OC(OC3COC(OC4CCC5(C)C(CCC6(C)C5CCC57OCC8(CCC(C)(C=O)CC85)C(O)CC67C)C4(C)C)C(OC4OC(CO)C(O)C(O)C4O)C3O)C2OC2OCC(O)C(O)C2O)C(O)C(O)C1O. The van der Waals surface area contributed by atoms with Gasteiger partial charge in [-0.3, -0.25) is 0 Å². The average Bonchev–Trinajstić information content (AvgIpc) is 1.28.